The van der Waals surface area contributed by atoms with E-state index in [0.29, 0.717) is 43.7 Å². The summed E-state index contributed by atoms with van der Waals surface area (Å²) in [5.74, 6) is 0.929. The van der Waals surface area contributed by atoms with Crippen LogP contribution in [-0.4, -0.2) is 71.1 Å². The van der Waals surface area contributed by atoms with Gasteiger partial charge in [-0.2, -0.15) is 4.31 Å². The number of hydrogen-bond acceptors (Lipinski definition) is 5. The van der Waals surface area contributed by atoms with E-state index in [4.69, 9.17) is 9.47 Å². The molecular formula is C18H28N3O5S+. The highest BCUT2D eigenvalue weighted by Gasteiger charge is 2.36. The number of nitrogens with zero attached hydrogens (tertiary/aromatic N) is 1. The molecule has 9 heteroatoms. The molecule has 2 aliphatic rings. The van der Waals surface area contributed by atoms with Gasteiger partial charge in [-0.05, 0) is 31.9 Å². The van der Waals surface area contributed by atoms with E-state index in [1.165, 1.54) is 30.7 Å². The van der Waals surface area contributed by atoms with Crippen LogP contribution in [0.3, 0.4) is 0 Å². The molecule has 0 unspecified atom stereocenters. The summed E-state index contributed by atoms with van der Waals surface area (Å²) in [5.41, 5.74) is 0. The first kappa shape index (κ1) is 19.9. The van der Waals surface area contributed by atoms with Gasteiger partial charge in [0.15, 0.2) is 17.5 Å². The van der Waals surface area contributed by atoms with E-state index in [0.717, 1.165) is 17.7 Å². The molecular weight excluding hydrogens is 370 g/mol. The predicted octanol–water partition coefficient (Wildman–Crippen LogP) is -0.740. The molecule has 3 rings (SSSR count). The van der Waals surface area contributed by atoms with Gasteiger partial charge in [0.25, 0.3) is 5.91 Å². The zero-order valence-electron chi connectivity index (χ0n) is 16.0. The first-order chi connectivity index (χ1) is 12.9. The van der Waals surface area contributed by atoms with E-state index >= 15 is 0 Å². The maximum absolute atomic E-state index is 13.0. The molecule has 1 aromatic carbocycles. The Morgan fingerprint density at radius 2 is 1.81 bits per heavy atom. The lowest BCUT2D eigenvalue weighted by molar-refractivity contribution is -0.917. The molecule has 27 heavy (non-hydrogen) atoms. The molecule has 0 radical (unpaired) electrons. The number of ether oxygens (including phenoxy) is 2. The Labute approximate surface area is 160 Å². The topological polar surface area (TPSA) is 89.4 Å². The van der Waals surface area contributed by atoms with Gasteiger partial charge in [0, 0.05) is 12.1 Å². The number of carbonyl (C=O) groups excluding carboxylic acids is 1. The summed E-state index contributed by atoms with van der Waals surface area (Å²) in [6, 6.07) is 4.78. The predicted molar refractivity (Wildman–Crippen MR) is 99.6 cm³/mol. The number of nitrogens with one attached hydrogen (secondary N) is 2. The Bertz CT molecular complexity index is 786. The van der Waals surface area contributed by atoms with Crippen molar-refractivity contribution in [1.82, 2.24) is 9.62 Å². The lowest BCUT2D eigenvalue weighted by Gasteiger charge is -2.34. The largest absolute Gasteiger partial charge is 0.493 e. The van der Waals surface area contributed by atoms with Crippen molar-refractivity contribution in [2.24, 2.45) is 0 Å². The molecule has 150 valence electrons. The number of carbonyl (C=O) groups is 1. The number of methoxy groups -OCH3 is 2. The smallest absolute Gasteiger partial charge is 0.278 e. The summed E-state index contributed by atoms with van der Waals surface area (Å²) in [5, 5.41) is 3.02. The van der Waals surface area contributed by atoms with Gasteiger partial charge in [0.1, 0.15) is 0 Å². The lowest BCUT2D eigenvalue weighted by atomic mass is 10.2. The summed E-state index contributed by atoms with van der Waals surface area (Å²) in [7, 11) is -0.629. The summed E-state index contributed by atoms with van der Waals surface area (Å²) in [4.78, 5) is 13.5. The van der Waals surface area contributed by atoms with Crippen molar-refractivity contribution in [3.05, 3.63) is 18.2 Å². The van der Waals surface area contributed by atoms with Crippen LogP contribution in [0.1, 0.15) is 19.8 Å². The molecule has 2 fully saturated rings. The Hall–Kier alpha value is -1.84. The number of sulfonamides is 1. The average Bonchev–Trinajstić information content (AvgIpc) is 3.50. The fraction of sp³-hybridized carbons (Fsp3) is 0.611. The molecule has 1 atom stereocenters. The number of amides is 1. The normalized spacial score (nSPS) is 20.1. The van der Waals surface area contributed by atoms with E-state index in [-0.39, 0.29) is 16.8 Å². The summed E-state index contributed by atoms with van der Waals surface area (Å²) < 4.78 is 37.8. The summed E-state index contributed by atoms with van der Waals surface area (Å²) in [6.45, 7) is 3.88. The number of hydrogen-bond donors (Lipinski definition) is 2. The minimum atomic E-state index is -3.61. The van der Waals surface area contributed by atoms with Crippen molar-refractivity contribution in [3.8, 4) is 11.5 Å². The second kappa shape index (κ2) is 8.04. The summed E-state index contributed by atoms with van der Waals surface area (Å²) >= 11 is 0. The Kier molecular flexibility index (Phi) is 5.92. The van der Waals surface area contributed by atoms with Crippen molar-refractivity contribution in [1.29, 1.82) is 0 Å². The van der Waals surface area contributed by atoms with E-state index < -0.39 is 10.0 Å². The quantitative estimate of drug-likeness (QED) is 0.632. The van der Waals surface area contributed by atoms with E-state index in [1.54, 1.807) is 6.07 Å². The van der Waals surface area contributed by atoms with E-state index in [1.807, 2.05) is 6.92 Å². The molecule has 1 amide bonds. The monoisotopic (exact) mass is 398 g/mol. The van der Waals surface area contributed by atoms with Crippen LogP contribution in [0.2, 0.25) is 0 Å². The maximum Gasteiger partial charge on any atom is 0.278 e. The third-order valence-corrected chi connectivity index (χ3v) is 7.18. The van der Waals surface area contributed by atoms with Crippen LogP contribution in [-0.2, 0) is 14.8 Å². The highest BCUT2D eigenvalue weighted by Crippen LogP contribution is 2.30. The fourth-order valence-electron chi connectivity index (χ4n) is 3.31. The molecule has 8 nitrogen and oxygen atoms in total. The molecule has 1 aliphatic heterocycles. The fourth-order valence-corrected chi connectivity index (χ4v) is 4.77. The molecule has 2 N–H and O–H groups in total. The highest BCUT2D eigenvalue weighted by atomic mass is 32.2. The van der Waals surface area contributed by atoms with Gasteiger partial charge in [0.2, 0.25) is 10.0 Å². The van der Waals surface area contributed by atoms with Crippen molar-refractivity contribution < 1.29 is 27.6 Å². The number of quaternary nitrogens is 1. The molecule has 1 aromatic rings. The number of rotatable bonds is 7. The summed E-state index contributed by atoms with van der Waals surface area (Å²) in [6.07, 6.45) is 2.12. The second-order valence-electron chi connectivity index (χ2n) is 7.08. The van der Waals surface area contributed by atoms with Crippen LogP contribution in [0.15, 0.2) is 23.1 Å². The molecule has 0 aromatic heterocycles. The Balaban J connectivity index is 1.65. The number of piperazine rings is 1. The van der Waals surface area contributed by atoms with Crippen LogP contribution < -0.4 is 19.7 Å². The van der Waals surface area contributed by atoms with Crippen LogP contribution in [0.4, 0.5) is 0 Å². The second-order valence-corrected chi connectivity index (χ2v) is 9.02. The molecule has 1 saturated carbocycles. The van der Waals surface area contributed by atoms with Crippen LogP contribution in [0.5, 0.6) is 11.5 Å². The minimum absolute atomic E-state index is 0.0590. The van der Waals surface area contributed by atoms with E-state index in [2.05, 4.69) is 5.32 Å². The van der Waals surface area contributed by atoms with Crippen LogP contribution in [0, 0.1) is 0 Å². The molecule has 1 saturated heterocycles. The third kappa shape index (κ3) is 4.36. The Morgan fingerprint density at radius 3 is 2.37 bits per heavy atom. The zero-order chi connectivity index (χ0) is 19.6. The minimum Gasteiger partial charge on any atom is -0.493 e. The molecule has 0 spiro atoms. The molecule has 0 bridgehead atoms. The van der Waals surface area contributed by atoms with Crippen LogP contribution in [0.25, 0.3) is 0 Å². The van der Waals surface area contributed by atoms with E-state index in [9.17, 15) is 13.2 Å². The standard InChI is InChI=1S/C18H27N3O5S/c1-13(18(22)19-14-4-5-14)20-8-10-21(11-9-20)27(23,24)15-6-7-16(25-2)17(12-15)26-3/h6-7,12-14H,4-5,8-11H2,1-3H3,(H,19,22)/p+1/t13-/m0/s1. The SMILES string of the molecule is COc1ccc(S(=O)(=O)N2CC[NH+]([C@@H](C)C(=O)NC3CC3)CC2)cc1OC. The van der Waals surface area contributed by atoms with Gasteiger partial charge >= 0.3 is 0 Å². The van der Waals surface area contributed by atoms with Gasteiger partial charge in [-0.25, -0.2) is 8.42 Å². The van der Waals surface area contributed by atoms with Crippen molar-refractivity contribution >= 4 is 15.9 Å². The zero-order valence-corrected chi connectivity index (χ0v) is 16.8. The first-order valence-electron chi connectivity index (χ1n) is 9.24. The van der Waals surface area contributed by atoms with Crippen molar-refractivity contribution in [2.75, 3.05) is 40.4 Å². The van der Waals surface area contributed by atoms with Gasteiger partial charge in [-0.1, -0.05) is 0 Å². The first-order valence-corrected chi connectivity index (χ1v) is 10.7. The lowest BCUT2D eigenvalue weighted by Crippen LogP contribution is -3.19. The van der Waals surface area contributed by atoms with Crippen molar-refractivity contribution in [3.63, 3.8) is 0 Å². The highest BCUT2D eigenvalue weighted by molar-refractivity contribution is 7.89. The van der Waals surface area contributed by atoms with Gasteiger partial charge in [-0.15, -0.1) is 0 Å². The van der Waals surface area contributed by atoms with Gasteiger partial charge < -0.3 is 19.7 Å². The molecule has 1 aliphatic carbocycles. The molecule has 1 heterocycles. The van der Waals surface area contributed by atoms with Crippen LogP contribution >= 0.6 is 0 Å². The van der Waals surface area contributed by atoms with Crippen molar-refractivity contribution in [2.45, 2.75) is 36.7 Å². The van der Waals surface area contributed by atoms with Gasteiger partial charge in [-0.3, -0.25) is 4.79 Å². The van der Waals surface area contributed by atoms with Gasteiger partial charge in [0.05, 0.1) is 45.3 Å². The third-order valence-electron chi connectivity index (χ3n) is 5.29. The number of benzene rings is 1. The maximum atomic E-state index is 13.0. The average molecular weight is 399 g/mol. The Morgan fingerprint density at radius 1 is 1.19 bits per heavy atom.